The molecule has 2 aromatic heterocycles. The van der Waals surface area contributed by atoms with Crippen molar-refractivity contribution in [1.82, 2.24) is 14.9 Å². The number of hydrogen-bond acceptors (Lipinski definition) is 3. The van der Waals surface area contributed by atoms with Gasteiger partial charge in [-0.3, -0.25) is 9.78 Å². The van der Waals surface area contributed by atoms with Crippen LogP contribution in [0.2, 0.25) is 0 Å². The summed E-state index contributed by atoms with van der Waals surface area (Å²) in [5, 5.41) is 0. The first-order valence-corrected chi connectivity index (χ1v) is 7.79. The predicted molar refractivity (Wildman–Crippen MR) is 83.9 cm³/mol. The second-order valence-electron chi connectivity index (χ2n) is 5.21. The van der Waals surface area contributed by atoms with Crippen LogP contribution < -0.4 is 0 Å². The second kappa shape index (κ2) is 5.93. The number of pyridine rings is 2. The molecule has 0 spiro atoms. The maximum absolute atomic E-state index is 12.7. The van der Waals surface area contributed by atoms with Gasteiger partial charge in [-0.1, -0.05) is 6.07 Å². The lowest BCUT2D eigenvalue weighted by molar-refractivity contribution is 0.0704. The van der Waals surface area contributed by atoms with Gasteiger partial charge in [-0.05, 0) is 59.0 Å². The fourth-order valence-corrected chi connectivity index (χ4v) is 3.24. The highest BCUT2D eigenvalue weighted by molar-refractivity contribution is 9.10. The predicted octanol–water partition coefficient (Wildman–Crippen LogP) is 3.39. The molecule has 0 radical (unpaired) electrons. The molecule has 2 heterocycles. The number of hydrogen-bond donors (Lipinski definition) is 0. The van der Waals surface area contributed by atoms with Gasteiger partial charge in [0.05, 0.1) is 11.7 Å². The summed E-state index contributed by atoms with van der Waals surface area (Å²) in [7, 11) is 1.83. The normalized spacial score (nSPS) is 17.1. The summed E-state index contributed by atoms with van der Waals surface area (Å²) in [6, 6.07) is 7.72. The summed E-state index contributed by atoms with van der Waals surface area (Å²) < 4.78 is 0.721. The number of rotatable bonds is 2. The molecule has 1 aliphatic carbocycles. The van der Waals surface area contributed by atoms with Crippen molar-refractivity contribution in [3.8, 4) is 0 Å². The van der Waals surface area contributed by atoms with E-state index in [1.54, 1.807) is 23.4 Å². The Morgan fingerprint density at radius 3 is 2.86 bits per heavy atom. The summed E-state index contributed by atoms with van der Waals surface area (Å²) in [6.07, 6.45) is 6.49. The first-order valence-electron chi connectivity index (χ1n) is 7.00. The maximum Gasteiger partial charge on any atom is 0.273 e. The number of aromatic nitrogens is 2. The van der Waals surface area contributed by atoms with Gasteiger partial charge in [0.2, 0.25) is 0 Å². The molecule has 0 aromatic carbocycles. The van der Waals surface area contributed by atoms with Gasteiger partial charge < -0.3 is 4.90 Å². The highest BCUT2D eigenvalue weighted by Gasteiger charge is 2.29. The van der Waals surface area contributed by atoms with E-state index in [9.17, 15) is 4.79 Å². The molecule has 1 atom stereocenters. The van der Waals surface area contributed by atoms with Crippen molar-refractivity contribution in [2.75, 3.05) is 7.05 Å². The Kier molecular flexibility index (Phi) is 4.01. The van der Waals surface area contributed by atoms with E-state index in [1.807, 2.05) is 19.2 Å². The van der Waals surface area contributed by atoms with Gasteiger partial charge >= 0.3 is 0 Å². The Hall–Kier alpha value is -1.75. The van der Waals surface area contributed by atoms with Gasteiger partial charge in [0.1, 0.15) is 5.69 Å². The molecule has 21 heavy (non-hydrogen) atoms. The van der Waals surface area contributed by atoms with Crippen molar-refractivity contribution < 1.29 is 4.79 Å². The molecule has 3 rings (SSSR count). The van der Waals surface area contributed by atoms with Crippen LogP contribution >= 0.6 is 15.9 Å². The first kappa shape index (κ1) is 14.2. The van der Waals surface area contributed by atoms with Gasteiger partial charge in [-0.15, -0.1) is 0 Å². The SMILES string of the molecule is CN(C(=O)c1ncccc1Br)[C@@H]1CCCc2cccnc21. The average Bonchev–Trinajstić information content (AvgIpc) is 2.53. The molecule has 0 unspecified atom stereocenters. The lowest BCUT2D eigenvalue weighted by Gasteiger charge is -2.32. The van der Waals surface area contributed by atoms with E-state index in [-0.39, 0.29) is 11.9 Å². The molecule has 0 bridgehead atoms. The molecule has 0 fully saturated rings. The number of carbonyl (C=O) groups is 1. The van der Waals surface area contributed by atoms with Crippen LogP contribution in [0.25, 0.3) is 0 Å². The van der Waals surface area contributed by atoms with Crippen LogP contribution in [0.1, 0.15) is 40.6 Å². The van der Waals surface area contributed by atoms with Crippen molar-refractivity contribution in [2.45, 2.75) is 25.3 Å². The minimum Gasteiger partial charge on any atom is -0.332 e. The molecular formula is C16H16BrN3O. The van der Waals surface area contributed by atoms with Crippen molar-refractivity contribution in [2.24, 2.45) is 0 Å². The van der Waals surface area contributed by atoms with Gasteiger partial charge in [0.25, 0.3) is 5.91 Å². The number of carbonyl (C=O) groups excluding carboxylic acids is 1. The zero-order valence-corrected chi connectivity index (χ0v) is 13.4. The maximum atomic E-state index is 12.7. The lowest BCUT2D eigenvalue weighted by atomic mass is 9.91. The molecule has 0 aliphatic heterocycles. The molecule has 0 N–H and O–H groups in total. The molecule has 0 saturated heterocycles. The van der Waals surface area contributed by atoms with Crippen LogP contribution in [0.15, 0.2) is 41.1 Å². The fraction of sp³-hybridized carbons (Fsp3) is 0.312. The number of aryl methyl sites for hydroxylation is 1. The third kappa shape index (κ3) is 2.70. The van der Waals surface area contributed by atoms with E-state index < -0.39 is 0 Å². The van der Waals surface area contributed by atoms with Crippen LogP contribution in [-0.4, -0.2) is 27.8 Å². The zero-order chi connectivity index (χ0) is 14.8. The summed E-state index contributed by atoms with van der Waals surface area (Å²) in [5.74, 6) is -0.0778. The van der Waals surface area contributed by atoms with Crippen molar-refractivity contribution >= 4 is 21.8 Å². The quantitative estimate of drug-likeness (QED) is 0.837. The van der Waals surface area contributed by atoms with E-state index >= 15 is 0 Å². The summed E-state index contributed by atoms with van der Waals surface area (Å²) in [5.41, 5.74) is 2.71. The highest BCUT2D eigenvalue weighted by atomic mass is 79.9. The van der Waals surface area contributed by atoms with Crippen LogP contribution in [0, 0.1) is 0 Å². The molecular weight excluding hydrogens is 330 g/mol. The average molecular weight is 346 g/mol. The fourth-order valence-electron chi connectivity index (χ4n) is 2.81. The van der Waals surface area contributed by atoms with Crippen LogP contribution in [-0.2, 0) is 6.42 Å². The standard InChI is InChI=1S/C16H16BrN3O/c1-20(16(21)15-12(17)7-4-10-19-15)13-8-2-5-11-6-3-9-18-14(11)13/h3-4,6-7,9-10,13H,2,5,8H2,1H3/t13-/m1/s1. The van der Waals surface area contributed by atoms with E-state index in [1.165, 1.54) is 5.56 Å². The van der Waals surface area contributed by atoms with Gasteiger partial charge in [-0.25, -0.2) is 4.98 Å². The summed E-state index contributed by atoms with van der Waals surface area (Å²) in [4.78, 5) is 23.1. The third-order valence-electron chi connectivity index (χ3n) is 3.91. The lowest BCUT2D eigenvalue weighted by Crippen LogP contribution is -2.34. The number of halogens is 1. The summed E-state index contributed by atoms with van der Waals surface area (Å²) >= 11 is 3.40. The van der Waals surface area contributed by atoms with E-state index in [4.69, 9.17) is 0 Å². The second-order valence-corrected chi connectivity index (χ2v) is 6.06. The Morgan fingerprint density at radius 2 is 2.05 bits per heavy atom. The molecule has 4 nitrogen and oxygen atoms in total. The topological polar surface area (TPSA) is 46.1 Å². The minimum atomic E-state index is -0.0778. The monoisotopic (exact) mass is 345 g/mol. The molecule has 0 saturated carbocycles. The first-order chi connectivity index (χ1) is 10.2. The Morgan fingerprint density at radius 1 is 1.29 bits per heavy atom. The molecule has 2 aromatic rings. The van der Waals surface area contributed by atoms with Crippen molar-refractivity contribution in [1.29, 1.82) is 0 Å². The molecule has 5 heteroatoms. The van der Waals surface area contributed by atoms with E-state index in [2.05, 4.69) is 32.0 Å². The van der Waals surface area contributed by atoms with Crippen LogP contribution in [0.4, 0.5) is 0 Å². The Balaban J connectivity index is 1.91. The Bertz CT molecular complexity index is 674. The highest BCUT2D eigenvalue weighted by Crippen LogP contribution is 2.33. The van der Waals surface area contributed by atoms with Crippen molar-refractivity contribution in [3.63, 3.8) is 0 Å². The molecule has 1 aliphatic rings. The summed E-state index contributed by atoms with van der Waals surface area (Å²) in [6.45, 7) is 0. The van der Waals surface area contributed by atoms with Crippen LogP contribution in [0.3, 0.4) is 0 Å². The molecule has 1 amide bonds. The van der Waals surface area contributed by atoms with Gasteiger partial charge in [-0.2, -0.15) is 0 Å². The van der Waals surface area contributed by atoms with Gasteiger partial charge in [0.15, 0.2) is 0 Å². The van der Waals surface area contributed by atoms with E-state index in [0.29, 0.717) is 5.69 Å². The van der Waals surface area contributed by atoms with Crippen molar-refractivity contribution in [3.05, 3.63) is 58.1 Å². The number of nitrogens with zero attached hydrogens (tertiary/aromatic N) is 3. The Labute approximate surface area is 132 Å². The largest absolute Gasteiger partial charge is 0.332 e. The van der Waals surface area contributed by atoms with E-state index in [0.717, 1.165) is 29.4 Å². The number of amides is 1. The number of fused-ring (bicyclic) bond motifs is 1. The third-order valence-corrected chi connectivity index (χ3v) is 4.55. The molecule has 108 valence electrons. The van der Waals surface area contributed by atoms with Crippen LogP contribution in [0.5, 0.6) is 0 Å². The van der Waals surface area contributed by atoms with Gasteiger partial charge in [0, 0.05) is 23.9 Å². The zero-order valence-electron chi connectivity index (χ0n) is 11.8. The minimum absolute atomic E-state index is 0.0244. The smallest absolute Gasteiger partial charge is 0.273 e.